The van der Waals surface area contributed by atoms with Gasteiger partial charge < -0.3 is 19.7 Å². The third-order valence-corrected chi connectivity index (χ3v) is 5.57. The first-order valence-electron chi connectivity index (χ1n) is 10.6. The lowest BCUT2D eigenvalue weighted by Crippen LogP contribution is -2.31. The summed E-state index contributed by atoms with van der Waals surface area (Å²) in [7, 11) is 1.62. The average Bonchev–Trinajstić information content (AvgIpc) is 2.98. The summed E-state index contributed by atoms with van der Waals surface area (Å²) in [6, 6.07) is 22.6. The van der Waals surface area contributed by atoms with Crippen LogP contribution in [0.2, 0.25) is 0 Å². The molecule has 0 unspecified atom stereocenters. The summed E-state index contributed by atoms with van der Waals surface area (Å²) >= 11 is 0. The van der Waals surface area contributed by atoms with Crippen molar-refractivity contribution in [2.24, 2.45) is 0 Å². The number of rotatable bonds is 6. The number of fused-ring (bicyclic) bond motifs is 1. The molecule has 0 spiro atoms. The zero-order chi connectivity index (χ0) is 22.5. The molecule has 0 saturated carbocycles. The Morgan fingerprint density at radius 3 is 2.56 bits per heavy atom. The number of ether oxygens (including phenoxy) is 2. The zero-order valence-corrected chi connectivity index (χ0v) is 18.2. The van der Waals surface area contributed by atoms with Gasteiger partial charge in [-0.2, -0.15) is 0 Å². The van der Waals surface area contributed by atoms with Crippen LogP contribution >= 0.6 is 0 Å². The largest absolute Gasteiger partial charge is 0.497 e. The maximum absolute atomic E-state index is 12.9. The maximum Gasteiger partial charge on any atom is 0.261 e. The average molecular weight is 431 g/mol. The number of hydrogen-bond acceptors (Lipinski definition) is 4. The van der Waals surface area contributed by atoms with Crippen molar-refractivity contribution in [3.05, 3.63) is 95.1 Å². The number of methoxy groups -OCH3 is 1. The van der Waals surface area contributed by atoms with E-state index in [0.717, 1.165) is 22.4 Å². The van der Waals surface area contributed by atoms with Gasteiger partial charge in [-0.05, 0) is 48.4 Å². The quantitative estimate of drug-likeness (QED) is 0.639. The van der Waals surface area contributed by atoms with Crippen molar-refractivity contribution in [2.45, 2.75) is 26.1 Å². The van der Waals surface area contributed by atoms with Crippen molar-refractivity contribution in [1.82, 2.24) is 10.2 Å². The summed E-state index contributed by atoms with van der Waals surface area (Å²) in [6.07, 6.45) is 0. The van der Waals surface area contributed by atoms with E-state index >= 15 is 0 Å². The molecule has 2 amide bonds. The molecule has 0 fully saturated rings. The van der Waals surface area contributed by atoms with E-state index in [4.69, 9.17) is 9.47 Å². The van der Waals surface area contributed by atoms with Gasteiger partial charge in [0.1, 0.15) is 11.5 Å². The summed E-state index contributed by atoms with van der Waals surface area (Å²) in [5.74, 6) is 1.15. The summed E-state index contributed by atoms with van der Waals surface area (Å²) in [4.78, 5) is 27.2. The topological polar surface area (TPSA) is 67.9 Å². The zero-order valence-electron chi connectivity index (χ0n) is 18.2. The Bertz CT molecular complexity index is 1100. The Morgan fingerprint density at radius 2 is 1.84 bits per heavy atom. The molecule has 0 aliphatic carbocycles. The molecule has 1 aliphatic heterocycles. The van der Waals surface area contributed by atoms with Crippen LogP contribution in [0.5, 0.6) is 11.5 Å². The number of nitrogens with zero attached hydrogens (tertiary/aromatic N) is 1. The van der Waals surface area contributed by atoms with E-state index < -0.39 is 0 Å². The molecule has 0 saturated heterocycles. The van der Waals surface area contributed by atoms with Gasteiger partial charge in [-0.15, -0.1) is 0 Å². The van der Waals surface area contributed by atoms with Crippen molar-refractivity contribution in [2.75, 3.05) is 13.7 Å². The van der Waals surface area contributed by atoms with Crippen molar-refractivity contribution < 1.29 is 19.1 Å². The number of carbonyl (C=O) groups excluding carboxylic acids is 2. The van der Waals surface area contributed by atoms with Gasteiger partial charge in [-0.25, -0.2) is 0 Å². The molecule has 0 radical (unpaired) electrons. The number of carbonyl (C=O) groups is 2. The summed E-state index contributed by atoms with van der Waals surface area (Å²) in [5.41, 5.74) is 3.38. The molecule has 6 heteroatoms. The molecule has 1 N–H and O–H groups in total. The minimum absolute atomic E-state index is 0.0140. The van der Waals surface area contributed by atoms with Crippen molar-refractivity contribution in [3.63, 3.8) is 0 Å². The van der Waals surface area contributed by atoms with E-state index in [1.807, 2.05) is 67.6 Å². The second-order valence-electron chi connectivity index (χ2n) is 7.81. The minimum Gasteiger partial charge on any atom is -0.497 e. The molecule has 6 nitrogen and oxygen atoms in total. The van der Waals surface area contributed by atoms with Crippen LogP contribution in [0.1, 0.15) is 40.0 Å². The molecule has 1 heterocycles. The second-order valence-corrected chi connectivity index (χ2v) is 7.81. The van der Waals surface area contributed by atoms with Gasteiger partial charge >= 0.3 is 0 Å². The lowest BCUT2D eigenvalue weighted by atomic mass is 10.1. The molecule has 1 aliphatic rings. The number of nitrogens with one attached hydrogen (secondary N) is 1. The molecule has 1 atom stereocenters. The van der Waals surface area contributed by atoms with Gasteiger partial charge in [-0.1, -0.05) is 42.5 Å². The Balaban J connectivity index is 1.49. The fourth-order valence-corrected chi connectivity index (χ4v) is 3.71. The van der Waals surface area contributed by atoms with E-state index in [1.54, 1.807) is 24.1 Å². The third kappa shape index (κ3) is 4.91. The van der Waals surface area contributed by atoms with E-state index in [1.165, 1.54) is 0 Å². The molecule has 0 aromatic heterocycles. The maximum atomic E-state index is 12.9. The summed E-state index contributed by atoms with van der Waals surface area (Å²) in [6.45, 7) is 2.80. The first-order chi connectivity index (χ1) is 15.5. The molecule has 4 rings (SSSR count). The van der Waals surface area contributed by atoms with Crippen LogP contribution in [0.25, 0.3) is 0 Å². The molecule has 3 aromatic carbocycles. The van der Waals surface area contributed by atoms with Crippen LogP contribution in [0.4, 0.5) is 0 Å². The van der Waals surface area contributed by atoms with E-state index in [9.17, 15) is 9.59 Å². The Kier molecular flexibility index (Phi) is 6.40. The van der Waals surface area contributed by atoms with Crippen molar-refractivity contribution >= 4 is 11.8 Å². The standard InChI is InChI=1S/C26H26N2O4/c1-18(20-8-11-23(31-2)12-9-20)27-26(30)21-10-13-24-22(14-21)16-28(25(29)17-32-24)15-19-6-4-3-5-7-19/h3-14,18H,15-17H2,1-2H3,(H,27,30)/t18-/m1/s1. The smallest absolute Gasteiger partial charge is 0.261 e. The van der Waals surface area contributed by atoms with E-state index in [-0.39, 0.29) is 24.5 Å². The van der Waals surface area contributed by atoms with Crippen LogP contribution in [-0.4, -0.2) is 30.4 Å². The minimum atomic E-state index is -0.179. The highest BCUT2D eigenvalue weighted by molar-refractivity contribution is 5.95. The Morgan fingerprint density at radius 1 is 1.09 bits per heavy atom. The van der Waals surface area contributed by atoms with Crippen molar-refractivity contribution in [1.29, 1.82) is 0 Å². The van der Waals surface area contributed by atoms with E-state index in [2.05, 4.69) is 5.32 Å². The van der Waals surface area contributed by atoms with Crippen molar-refractivity contribution in [3.8, 4) is 11.5 Å². The fourth-order valence-electron chi connectivity index (χ4n) is 3.71. The van der Waals surface area contributed by atoms with Gasteiger partial charge in [0.05, 0.1) is 13.2 Å². The Hall–Kier alpha value is -3.80. The molecular formula is C26H26N2O4. The lowest BCUT2D eigenvalue weighted by molar-refractivity contribution is -0.133. The molecule has 164 valence electrons. The predicted octanol–water partition coefficient (Wildman–Crippen LogP) is 4.11. The second kappa shape index (κ2) is 9.56. The van der Waals surface area contributed by atoms with Gasteiger partial charge in [0.15, 0.2) is 6.61 Å². The van der Waals surface area contributed by atoms with E-state index in [0.29, 0.717) is 24.4 Å². The van der Waals surface area contributed by atoms with Gasteiger partial charge in [0, 0.05) is 24.2 Å². The number of amides is 2. The van der Waals surface area contributed by atoms with Gasteiger partial charge in [0.2, 0.25) is 0 Å². The van der Waals surface area contributed by atoms with Crippen LogP contribution < -0.4 is 14.8 Å². The molecular weight excluding hydrogens is 404 g/mol. The number of hydrogen-bond donors (Lipinski definition) is 1. The lowest BCUT2D eigenvalue weighted by Gasteiger charge is -2.20. The highest BCUT2D eigenvalue weighted by atomic mass is 16.5. The highest BCUT2D eigenvalue weighted by Gasteiger charge is 2.23. The van der Waals surface area contributed by atoms with Crippen LogP contribution in [0.3, 0.4) is 0 Å². The SMILES string of the molecule is COc1ccc([C@@H](C)NC(=O)c2ccc3c(c2)CN(Cc2ccccc2)C(=O)CO3)cc1. The highest BCUT2D eigenvalue weighted by Crippen LogP contribution is 2.26. The van der Waals surface area contributed by atoms with Crippen LogP contribution in [0, 0.1) is 0 Å². The normalized spacial score (nSPS) is 14.1. The molecule has 32 heavy (non-hydrogen) atoms. The molecule has 0 bridgehead atoms. The Labute approximate surface area is 187 Å². The first-order valence-corrected chi connectivity index (χ1v) is 10.6. The van der Waals surface area contributed by atoms with Gasteiger partial charge in [0.25, 0.3) is 11.8 Å². The molecule has 3 aromatic rings. The third-order valence-electron chi connectivity index (χ3n) is 5.57. The summed E-state index contributed by atoms with van der Waals surface area (Å²) < 4.78 is 10.9. The monoisotopic (exact) mass is 430 g/mol. The van der Waals surface area contributed by atoms with Crippen LogP contribution in [0.15, 0.2) is 72.8 Å². The fraction of sp³-hybridized carbons (Fsp3) is 0.231. The summed E-state index contributed by atoms with van der Waals surface area (Å²) in [5, 5.41) is 3.03. The van der Waals surface area contributed by atoms with Gasteiger partial charge in [-0.3, -0.25) is 9.59 Å². The van der Waals surface area contributed by atoms with Crippen LogP contribution in [-0.2, 0) is 17.9 Å². The number of benzene rings is 3. The first kappa shape index (κ1) is 21.4. The predicted molar refractivity (Wildman–Crippen MR) is 122 cm³/mol.